The van der Waals surface area contributed by atoms with Crippen LogP contribution in [0, 0.1) is 0 Å². The van der Waals surface area contributed by atoms with Gasteiger partial charge >= 0.3 is 0 Å². The summed E-state index contributed by atoms with van der Waals surface area (Å²) in [5, 5.41) is 0. The molecule has 4 nitrogen and oxygen atoms in total. The number of rotatable bonds is 0. The number of carbonyl (C=O) groups excluding carboxylic acids is 1. The van der Waals surface area contributed by atoms with E-state index in [0.717, 1.165) is 12.5 Å². The average molecular weight is 292 g/mol. The summed E-state index contributed by atoms with van der Waals surface area (Å²) in [4.78, 5) is 9.44. The maximum absolute atomic E-state index is 10.2. The third-order valence-electron chi connectivity index (χ3n) is 0. The van der Waals surface area contributed by atoms with Crippen LogP contribution in [0.15, 0.2) is 0 Å². The first-order valence-corrected chi connectivity index (χ1v) is 9.23. The molecule has 17 heavy (non-hydrogen) atoms. The van der Waals surface area contributed by atoms with Crippen molar-refractivity contribution in [3.8, 4) is 0 Å². The zero-order valence-corrected chi connectivity index (χ0v) is 11.7. The summed E-state index contributed by atoms with van der Waals surface area (Å²) in [7, 11) is -4.31. The first-order valence-electron chi connectivity index (χ1n) is 3.88. The molecule has 0 aromatic rings. The zero-order valence-electron chi connectivity index (χ0n) is 9.99. The van der Waals surface area contributed by atoms with Gasteiger partial charge in [0.2, 0.25) is 0 Å². The average Bonchev–Trinajstić information content (AvgIpc) is 1.45. The molecule has 0 atom stereocenters. The first-order chi connectivity index (χ1) is 5.73. The van der Waals surface area contributed by atoms with Crippen LogP contribution in [0.1, 0.15) is 36.1 Å². The Morgan fingerprint density at radius 3 is 0.882 bits per heavy atom. The third-order valence-corrected chi connectivity index (χ3v) is 0. The minimum absolute atomic E-state index is 0. The Morgan fingerprint density at radius 2 is 0.882 bits per heavy atom. The molecule has 0 aliphatic rings. The van der Waals surface area contributed by atoms with Gasteiger partial charge in [-0.2, -0.15) is 0 Å². The molecule has 0 aliphatic heterocycles. The van der Waals surface area contributed by atoms with Gasteiger partial charge in [-0.05, 0) is 33.8 Å². The highest BCUT2D eigenvalue weighted by Crippen LogP contribution is 2.28. The Balaban J connectivity index is -0.0000000247. The number of carbonyl (C=O) groups is 1. The van der Waals surface area contributed by atoms with Gasteiger partial charge in [0.15, 0.2) is 0 Å². The minimum Gasteiger partial charge on any atom is -0.324 e. The highest BCUT2D eigenvalue weighted by Gasteiger charge is 1.89. The lowest BCUT2D eigenvalue weighted by Crippen LogP contribution is -1.86. The van der Waals surface area contributed by atoms with Gasteiger partial charge in [-0.25, -0.2) is 8.42 Å². The van der Waals surface area contributed by atoms with Gasteiger partial charge < -0.3 is 9.36 Å². The molecule has 0 spiro atoms. The molecule has 0 unspecified atom stereocenters. The zero-order chi connectivity index (χ0) is 12.6. The van der Waals surface area contributed by atoms with Gasteiger partial charge in [-0.3, -0.25) is 0 Å². The fourth-order valence-corrected chi connectivity index (χ4v) is 0. The lowest BCUT2D eigenvalue weighted by atomic mass is 10.6. The second-order valence-electron chi connectivity index (χ2n) is 3.94. The molecule has 0 aromatic heterocycles. The molecule has 0 fully saturated rings. The van der Waals surface area contributed by atoms with Crippen LogP contribution in [0.2, 0.25) is 0 Å². The van der Waals surface area contributed by atoms with Crippen LogP contribution in [-0.2, 0) is 19.2 Å². The van der Waals surface area contributed by atoms with Crippen LogP contribution in [0.4, 0.5) is 0 Å². The minimum atomic E-state index is -2.67. The van der Waals surface area contributed by atoms with E-state index in [1.807, 2.05) is 0 Å². The van der Waals surface area contributed by atoms with Gasteiger partial charge in [0.1, 0.15) is 15.6 Å². The smallest absolute Gasteiger partial charge is 0.144 e. The predicted molar refractivity (Wildman–Crippen MR) is 82.7 cm³/mol. The van der Waals surface area contributed by atoms with Crippen molar-refractivity contribution in [2.45, 2.75) is 36.1 Å². The number of Topliss-reactive ketones (excluding diaryl/α,β-unsaturated/α-hetero) is 1. The maximum Gasteiger partial charge on any atom is 0.144 e. The van der Waals surface area contributed by atoms with Gasteiger partial charge in [0.25, 0.3) is 0 Å². The van der Waals surface area contributed by atoms with E-state index < -0.39 is 17.0 Å². The van der Waals surface area contributed by atoms with Crippen LogP contribution >= 0.6 is 7.14 Å². The molecule has 0 aromatic carbocycles. The SMILES string of the molecule is C.C.C.CC(C)=O.CP(C)(C)=O.CS(C)(=O)=O. The summed E-state index contributed by atoms with van der Waals surface area (Å²) in [5.41, 5.74) is 0. The Bertz CT molecular complexity index is 268. The third kappa shape index (κ3) is 135000. The Morgan fingerprint density at radius 1 is 0.882 bits per heavy atom. The second kappa shape index (κ2) is 15.9. The molecule has 0 rings (SSSR count). The summed E-state index contributed by atoms with van der Waals surface area (Å²) in [6, 6.07) is 0. The first kappa shape index (κ1) is 36.0. The topological polar surface area (TPSA) is 68.3 Å². The van der Waals surface area contributed by atoms with Crippen molar-refractivity contribution >= 4 is 22.8 Å². The molecule has 0 N–H and O–H groups in total. The quantitative estimate of drug-likeness (QED) is 0.642. The molecule has 6 heteroatoms. The summed E-state index contributed by atoms with van der Waals surface area (Å²) in [6.07, 6.45) is 2.32. The maximum atomic E-state index is 10.2. The normalized spacial score (nSPS) is 8.41. The van der Waals surface area contributed by atoms with E-state index in [2.05, 4.69) is 0 Å². The van der Waals surface area contributed by atoms with Crippen molar-refractivity contribution in [1.82, 2.24) is 0 Å². The largest absolute Gasteiger partial charge is 0.324 e. The Kier molecular flexibility index (Phi) is 33.5. The van der Waals surface area contributed by atoms with Crippen molar-refractivity contribution in [2.24, 2.45) is 0 Å². The fourth-order valence-electron chi connectivity index (χ4n) is 0. The molecule has 112 valence electrons. The molecule has 0 aliphatic carbocycles. The monoisotopic (exact) mass is 292 g/mol. The van der Waals surface area contributed by atoms with E-state index in [1.54, 1.807) is 20.0 Å². The van der Waals surface area contributed by atoms with Crippen LogP contribution in [0.5, 0.6) is 0 Å². The van der Waals surface area contributed by atoms with E-state index in [0.29, 0.717) is 0 Å². The van der Waals surface area contributed by atoms with Gasteiger partial charge in [-0.1, -0.05) is 22.3 Å². The second-order valence-corrected chi connectivity index (χ2v) is 10.0. The highest BCUT2D eigenvalue weighted by atomic mass is 32.2. The van der Waals surface area contributed by atoms with E-state index in [1.165, 1.54) is 13.8 Å². The molecular weight excluding hydrogens is 259 g/mol. The van der Waals surface area contributed by atoms with Gasteiger partial charge in [0.05, 0.1) is 7.14 Å². The lowest BCUT2D eigenvalue weighted by molar-refractivity contribution is -0.114. The van der Waals surface area contributed by atoms with Crippen LogP contribution in [0.3, 0.4) is 0 Å². The number of sulfone groups is 1. The number of hydrogen-bond donors (Lipinski definition) is 0. The van der Waals surface area contributed by atoms with Crippen molar-refractivity contribution in [2.75, 3.05) is 32.5 Å². The molecule has 0 saturated carbocycles. The van der Waals surface area contributed by atoms with Crippen molar-refractivity contribution in [3.63, 3.8) is 0 Å². The van der Waals surface area contributed by atoms with E-state index in [9.17, 15) is 17.8 Å². The Hall–Kier alpha value is -0.150. The van der Waals surface area contributed by atoms with Crippen molar-refractivity contribution in [3.05, 3.63) is 0 Å². The Labute approximate surface area is 109 Å². The van der Waals surface area contributed by atoms with Crippen LogP contribution in [-0.4, -0.2) is 46.7 Å². The lowest BCUT2D eigenvalue weighted by Gasteiger charge is -1.86. The molecule has 0 saturated heterocycles. The molecule has 0 bridgehead atoms. The highest BCUT2D eigenvalue weighted by molar-refractivity contribution is 7.89. The van der Waals surface area contributed by atoms with E-state index in [4.69, 9.17) is 0 Å². The van der Waals surface area contributed by atoms with E-state index >= 15 is 0 Å². The van der Waals surface area contributed by atoms with Crippen molar-refractivity contribution < 1.29 is 17.8 Å². The number of hydrogen-bond acceptors (Lipinski definition) is 4. The number of ketones is 1. The molecular formula is C11H33O4PS. The molecule has 0 heterocycles. The van der Waals surface area contributed by atoms with E-state index in [-0.39, 0.29) is 28.1 Å². The molecule has 0 amide bonds. The van der Waals surface area contributed by atoms with Crippen LogP contribution in [0.25, 0.3) is 0 Å². The summed E-state index contributed by atoms with van der Waals surface area (Å²) in [5.74, 6) is 0.167. The summed E-state index contributed by atoms with van der Waals surface area (Å²) in [6.45, 7) is 8.28. The fraction of sp³-hybridized carbons (Fsp3) is 0.909. The van der Waals surface area contributed by atoms with Gasteiger partial charge in [0, 0.05) is 12.5 Å². The van der Waals surface area contributed by atoms with Crippen LogP contribution < -0.4 is 0 Å². The van der Waals surface area contributed by atoms with Gasteiger partial charge in [-0.15, -0.1) is 0 Å². The van der Waals surface area contributed by atoms with Crippen molar-refractivity contribution in [1.29, 1.82) is 0 Å². The summed E-state index contributed by atoms with van der Waals surface area (Å²) < 4.78 is 29.5. The predicted octanol–water partition coefficient (Wildman–Crippen LogP) is 3.40. The molecule has 0 radical (unpaired) electrons. The summed E-state index contributed by atoms with van der Waals surface area (Å²) >= 11 is 0. The standard InChI is InChI=1S/C3H9OP.C3H6O.C2H6O2S.3CH4/c1-5(2,3)4;1-3(2)4;1-5(2,3)4;;;/h1-3H3;1-2H3;1-2H3;3*1H4.